The molecule has 84 valence electrons. The lowest BCUT2D eigenvalue weighted by Crippen LogP contribution is -1.96. The van der Waals surface area contributed by atoms with E-state index in [0.717, 1.165) is 17.0 Å². The molecule has 0 aromatic carbocycles. The van der Waals surface area contributed by atoms with Gasteiger partial charge in [-0.25, -0.2) is 0 Å². The Bertz CT molecular complexity index is 672. The van der Waals surface area contributed by atoms with Crippen LogP contribution in [-0.4, -0.2) is 19.6 Å². The molecule has 3 rings (SSSR count). The lowest BCUT2D eigenvalue weighted by Gasteiger charge is -2.03. The summed E-state index contributed by atoms with van der Waals surface area (Å²) < 4.78 is 1.89. The highest BCUT2D eigenvalue weighted by atomic mass is 15.2. The second-order valence-electron chi connectivity index (χ2n) is 3.87. The number of nitrogens with two attached hydrogens (primary N) is 1. The molecular formula is C12H11N5. The lowest BCUT2D eigenvalue weighted by molar-refractivity contribution is 1.11. The molecule has 0 bridgehead atoms. The van der Waals surface area contributed by atoms with E-state index in [2.05, 4.69) is 15.2 Å². The molecule has 0 aliphatic heterocycles. The number of nitrogen functional groups attached to an aromatic ring is 1. The quantitative estimate of drug-likeness (QED) is 0.684. The first-order chi connectivity index (χ1) is 8.27. The summed E-state index contributed by atoms with van der Waals surface area (Å²) in [5.41, 5.74) is 9.31. The third kappa shape index (κ3) is 1.44. The van der Waals surface area contributed by atoms with E-state index in [1.807, 2.05) is 35.7 Å². The van der Waals surface area contributed by atoms with Gasteiger partial charge in [0.25, 0.3) is 0 Å². The molecule has 2 N–H and O–H groups in total. The van der Waals surface area contributed by atoms with Gasteiger partial charge in [0.1, 0.15) is 0 Å². The molecule has 0 fully saturated rings. The highest BCUT2D eigenvalue weighted by molar-refractivity contribution is 5.71. The third-order valence-electron chi connectivity index (χ3n) is 2.77. The molecule has 3 heterocycles. The minimum Gasteiger partial charge on any atom is -0.395 e. The van der Waals surface area contributed by atoms with Gasteiger partial charge in [0, 0.05) is 24.2 Å². The topological polar surface area (TPSA) is 69.1 Å². The maximum absolute atomic E-state index is 5.97. The zero-order chi connectivity index (χ0) is 11.8. The number of anilines is 1. The van der Waals surface area contributed by atoms with Crippen molar-refractivity contribution in [2.75, 3.05) is 5.73 Å². The second kappa shape index (κ2) is 3.55. The average Bonchev–Trinajstić information content (AvgIpc) is 2.79. The number of aromatic nitrogens is 4. The lowest BCUT2D eigenvalue weighted by atomic mass is 10.2. The van der Waals surface area contributed by atoms with Crippen LogP contribution in [0.2, 0.25) is 0 Å². The standard InChI is InChI=1S/C12H11N5/c1-8-4-7-17-11(9-2-5-14-6-3-9)15-16-12(17)10(8)13/h2-7H,13H2,1H3. The van der Waals surface area contributed by atoms with Crippen molar-refractivity contribution >= 4 is 11.3 Å². The summed E-state index contributed by atoms with van der Waals surface area (Å²) in [5, 5.41) is 8.30. The van der Waals surface area contributed by atoms with Crippen LogP contribution in [0.25, 0.3) is 17.0 Å². The zero-order valence-corrected chi connectivity index (χ0v) is 9.33. The Hall–Kier alpha value is -2.43. The summed E-state index contributed by atoms with van der Waals surface area (Å²) in [5.74, 6) is 0.772. The van der Waals surface area contributed by atoms with Crippen LogP contribution in [0.5, 0.6) is 0 Å². The molecule has 3 aromatic heterocycles. The molecule has 0 amide bonds. The normalized spacial score (nSPS) is 10.9. The first kappa shape index (κ1) is 9.77. The van der Waals surface area contributed by atoms with E-state index >= 15 is 0 Å². The van der Waals surface area contributed by atoms with E-state index in [1.165, 1.54) is 0 Å². The SMILES string of the molecule is Cc1ccn2c(-c3ccncc3)nnc2c1N. The van der Waals surface area contributed by atoms with Gasteiger partial charge in [-0.15, -0.1) is 10.2 Å². The minimum atomic E-state index is 0.667. The minimum absolute atomic E-state index is 0.667. The summed E-state index contributed by atoms with van der Waals surface area (Å²) in [4.78, 5) is 3.98. The predicted octanol–water partition coefficient (Wildman–Crippen LogP) is 1.68. The smallest absolute Gasteiger partial charge is 0.184 e. The van der Waals surface area contributed by atoms with Crippen LogP contribution in [-0.2, 0) is 0 Å². The molecule has 5 nitrogen and oxygen atoms in total. The van der Waals surface area contributed by atoms with E-state index in [0.29, 0.717) is 11.3 Å². The number of hydrogen-bond acceptors (Lipinski definition) is 4. The van der Waals surface area contributed by atoms with Crippen LogP contribution in [0.15, 0.2) is 36.8 Å². The summed E-state index contributed by atoms with van der Waals surface area (Å²) in [7, 11) is 0. The van der Waals surface area contributed by atoms with Crippen LogP contribution < -0.4 is 5.73 Å². The van der Waals surface area contributed by atoms with Crippen LogP contribution >= 0.6 is 0 Å². The Morgan fingerprint density at radius 3 is 2.65 bits per heavy atom. The molecule has 0 spiro atoms. The Morgan fingerprint density at radius 2 is 1.88 bits per heavy atom. The van der Waals surface area contributed by atoms with Gasteiger partial charge < -0.3 is 5.73 Å². The van der Waals surface area contributed by atoms with Gasteiger partial charge in [0.15, 0.2) is 11.5 Å². The van der Waals surface area contributed by atoms with Crippen molar-refractivity contribution in [2.24, 2.45) is 0 Å². The van der Waals surface area contributed by atoms with Gasteiger partial charge in [-0.3, -0.25) is 9.38 Å². The fourth-order valence-electron chi connectivity index (χ4n) is 1.77. The molecular weight excluding hydrogens is 214 g/mol. The van der Waals surface area contributed by atoms with Crippen LogP contribution in [0.1, 0.15) is 5.56 Å². The van der Waals surface area contributed by atoms with Gasteiger partial charge in [0.05, 0.1) is 5.69 Å². The molecule has 0 aliphatic carbocycles. The maximum Gasteiger partial charge on any atom is 0.184 e. The summed E-state index contributed by atoms with van der Waals surface area (Å²) >= 11 is 0. The van der Waals surface area contributed by atoms with Crippen molar-refractivity contribution < 1.29 is 0 Å². The van der Waals surface area contributed by atoms with Gasteiger partial charge >= 0.3 is 0 Å². The van der Waals surface area contributed by atoms with Gasteiger partial charge in [-0.2, -0.15) is 0 Å². The summed E-state index contributed by atoms with van der Waals surface area (Å²) in [6, 6.07) is 5.75. The number of pyridine rings is 2. The molecule has 0 saturated carbocycles. The van der Waals surface area contributed by atoms with Gasteiger partial charge in [-0.05, 0) is 30.7 Å². The Balaban J connectivity index is 2.30. The number of aryl methyl sites for hydroxylation is 1. The van der Waals surface area contributed by atoms with Crippen LogP contribution in [0, 0.1) is 6.92 Å². The monoisotopic (exact) mass is 225 g/mol. The molecule has 3 aromatic rings. The van der Waals surface area contributed by atoms with Crippen molar-refractivity contribution in [2.45, 2.75) is 6.92 Å². The molecule has 0 atom stereocenters. The third-order valence-corrected chi connectivity index (χ3v) is 2.77. The first-order valence-corrected chi connectivity index (χ1v) is 5.27. The number of fused-ring (bicyclic) bond motifs is 1. The largest absolute Gasteiger partial charge is 0.395 e. The van der Waals surface area contributed by atoms with E-state index in [-0.39, 0.29) is 0 Å². The molecule has 5 heteroatoms. The first-order valence-electron chi connectivity index (χ1n) is 5.27. The average molecular weight is 225 g/mol. The molecule has 0 aliphatic rings. The van der Waals surface area contributed by atoms with Crippen molar-refractivity contribution in [3.05, 3.63) is 42.4 Å². The van der Waals surface area contributed by atoms with E-state index in [9.17, 15) is 0 Å². The molecule has 0 radical (unpaired) electrons. The Labute approximate surface area is 97.9 Å². The van der Waals surface area contributed by atoms with Gasteiger partial charge in [-0.1, -0.05) is 0 Å². The maximum atomic E-state index is 5.97. The Kier molecular flexibility index (Phi) is 2.04. The van der Waals surface area contributed by atoms with E-state index < -0.39 is 0 Å². The van der Waals surface area contributed by atoms with E-state index in [4.69, 9.17) is 5.73 Å². The van der Waals surface area contributed by atoms with Crippen molar-refractivity contribution in [1.29, 1.82) is 0 Å². The summed E-state index contributed by atoms with van der Waals surface area (Å²) in [6.45, 7) is 1.95. The zero-order valence-electron chi connectivity index (χ0n) is 9.33. The summed E-state index contributed by atoms with van der Waals surface area (Å²) in [6.07, 6.45) is 5.39. The Morgan fingerprint density at radius 1 is 1.12 bits per heavy atom. The number of hydrogen-bond donors (Lipinski definition) is 1. The highest BCUT2D eigenvalue weighted by Crippen LogP contribution is 2.22. The van der Waals surface area contributed by atoms with Gasteiger partial charge in [0.2, 0.25) is 0 Å². The fourth-order valence-corrected chi connectivity index (χ4v) is 1.77. The molecule has 0 unspecified atom stereocenters. The van der Waals surface area contributed by atoms with Crippen LogP contribution in [0.3, 0.4) is 0 Å². The predicted molar refractivity (Wildman–Crippen MR) is 65.4 cm³/mol. The second-order valence-corrected chi connectivity index (χ2v) is 3.87. The van der Waals surface area contributed by atoms with Crippen molar-refractivity contribution in [1.82, 2.24) is 19.6 Å². The van der Waals surface area contributed by atoms with Crippen molar-refractivity contribution in [3.8, 4) is 11.4 Å². The highest BCUT2D eigenvalue weighted by Gasteiger charge is 2.10. The van der Waals surface area contributed by atoms with Crippen molar-refractivity contribution in [3.63, 3.8) is 0 Å². The molecule has 17 heavy (non-hydrogen) atoms. The van der Waals surface area contributed by atoms with Crippen LogP contribution in [0.4, 0.5) is 5.69 Å². The molecule has 0 saturated heterocycles. The number of rotatable bonds is 1. The van der Waals surface area contributed by atoms with E-state index in [1.54, 1.807) is 12.4 Å². The number of nitrogens with zero attached hydrogens (tertiary/aromatic N) is 4. The fraction of sp³-hybridized carbons (Fsp3) is 0.0833.